The predicted octanol–water partition coefficient (Wildman–Crippen LogP) is 3.81. The third-order valence-electron chi connectivity index (χ3n) is 7.95. The lowest BCUT2D eigenvalue weighted by Gasteiger charge is -2.37. The van der Waals surface area contributed by atoms with Gasteiger partial charge < -0.3 is 35.0 Å². The molecule has 6 rings (SSSR count). The lowest BCUT2D eigenvalue weighted by atomic mass is 10.0. The molecule has 1 atom stereocenters. The number of rotatable bonds is 9. The third kappa shape index (κ3) is 6.43. The van der Waals surface area contributed by atoms with Crippen LogP contribution in [-0.2, 0) is 9.59 Å². The topological polar surface area (TPSA) is 138 Å². The highest BCUT2D eigenvalue weighted by molar-refractivity contribution is 6.01. The Bertz CT molecular complexity index is 1600. The van der Waals surface area contributed by atoms with Crippen LogP contribution in [0.5, 0.6) is 11.5 Å². The van der Waals surface area contributed by atoms with Gasteiger partial charge in [-0.1, -0.05) is 12.1 Å². The van der Waals surface area contributed by atoms with Crippen LogP contribution in [0.3, 0.4) is 0 Å². The molecule has 12 heteroatoms. The number of carboxylic acid groups (broad SMARTS) is 1. The van der Waals surface area contributed by atoms with Crippen LogP contribution in [0.4, 0.5) is 15.8 Å². The molecule has 11 nitrogen and oxygen atoms in total. The van der Waals surface area contributed by atoms with Crippen molar-refractivity contribution in [3.63, 3.8) is 0 Å². The molecule has 1 saturated carbocycles. The molecule has 3 amide bonds. The van der Waals surface area contributed by atoms with Gasteiger partial charge in [0.2, 0.25) is 12.7 Å². The SMILES string of the molecule is O=C(O)CC(NC(=O)c1ccc(N2CCN(C(=O)c3ccc4c(c3)OCO4)CC2)c(NC(=O)C2CC2)c1)c1ccc(F)cc1. The van der Waals surface area contributed by atoms with E-state index in [1.54, 1.807) is 41.3 Å². The van der Waals surface area contributed by atoms with Crippen LogP contribution in [0.25, 0.3) is 0 Å². The molecule has 3 aromatic rings. The van der Waals surface area contributed by atoms with E-state index in [2.05, 4.69) is 15.5 Å². The molecule has 1 unspecified atom stereocenters. The van der Waals surface area contributed by atoms with Crippen LogP contribution in [0.1, 0.15) is 51.6 Å². The Labute approximate surface area is 252 Å². The summed E-state index contributed by atoms with van der Waals surface area (Å²) in [7, 11) is 0. The van der Waals surface area contributed by atoms with Gasteiger partial charge in [0.25, 0.3) is 11.8 Å². The molecule has 0 spiro atoms. The standard InChI is InChI=1S/C32H31FN4O7/c33-23-7-3-19(4-8-23)24(17-29(38)39)34-31(41)21-5-9-26(25(15-21)35-30(40)20-1-2-20)36-11-13-37(14-12-36)32(42)22-6-10-27-28(16-22)44-18-43-27/h3-10,15-16,20,24H,1-2,11-14,17-18H2,(H,34,41)(H,35,40)(H,38,39). The number of carbonyl (C=O) groups is 4. The summed E-state index contributed by atoms with van der Waals surface area (Å²) in [6, 6.07) is 14.5. The van der Waals surface area contributed by atoms with Gasteiger partial charge in [0.15, 0.2) is 11.5 Å². The van der Waals surface area contributed by atoms with Gasteiger partial charge in [0.1, 0.15) is 5.82 Å². The summed E-state index contributed by atoms with van der Waals surface area (Å²) in [5, 5.41) is 15.1. The van der Waals surface area contributed by atoms with Crippen LogP contribution in [-0.4, -0.2) is 66.7 Å². The van der Waals surface area contributed by atoms with E-state index in [4.69, 9.17) is 9.47 Å². The average molecular weight is 603 g/mol. The molecule has 44 heavy (non-hydrogen) atoms. The number of nitrogens with zero attached hydrogens (tertiary/aromatic N) is 2. The molecule has 2 fully saturated rings. The second-order valence-electron chi connectivity index (χ2n) is 11.0. The van der Waals surface area contributed by atoms with Gasteiger partial charge in [-0.15, -0.1) is 0 Å². The van der Waals surface area contributed by atoms with Crippen LogP contribution in [0.2, 0.25) is 0 Å². The lowest BCUT2D eigenvalue weighted by Crippen LogP contribution is -2.49. The Kier molecular flexibility index (Phi) is 8.05. The van der Waals surface area contributed by atoms with Crippen LogP contribution in [0.15, 0.2) is 60.7 Å². The Morgan fingerprint density at radius 2 is 1.59 bits per heavy atom. The number of piperazine rings is 1. The fourth-order valence-corrected chi connectivity index (χ4v) is 5.36. The highest BCUT2D eigenvalue weighted by Crippen LogP contribution is 2.35. The third-order valence-corrected chi connectivity index (χ3v) is 7.95. The smallest absolute Gasteiger partial charge is 0.305 e. The summed E-state index contributed by atoms with van der Waals surface area (Å²) in [5.74, 6) is -1.30. The molecular formula is C32H31FN4O7. The van der Waals surface area contributed by atoms with E-state index in [9.17, 15) is 28.7 Å². The Balaban J connectivity index is 1.18. The zero-order chi connectivity index (χ0) is 30.8. The van der Waals surface area contributed by atoms with Crippen molar-refractivity contribution in [1.29, 1.82) is 0 Å². The Morgan fingerprint density at radius 1 is 0.886 bits per heavy atom. The molecule has 0 bridgehead atoms. The predicted molar refractivity (Wildman–Crippen MR) is 157 cm³/mol. The summed E-state index contributed by atoms with van der Waals surface area (Å²) in [5.41, 5.74) is 2.37. The monoisotopic (exact) mass is 602 g/mol. The van der Waals surface area contributed by atoms with E-state index in [1.165, 1.54) is 24.3 Å². The van der Waals surface area contributed by atoms with Crippen molar-refractivity contribution in [2.24, 2.45) is 5.92 Å². The number of fused-ring (bicyclic) bond motifs is 1. The zero-order valence-corrected chi connectivity index (χ0v) is 23.8. The summed E-state index contributed by atoms with van der Waals surface area (Å²) in [6.45, 7) is 2.02. The number of amides is 3. The van der Waals surface area contributed by atoms with Crippen LogP contribution >= 0.6 is 0 Å². The van der Waals surface area contributed by atoms with Gasteiger partial charge >= 0.3 is 5.97 Å². The van der Waals surface area contributed by atoms with E-state index in [0.29, 0.717) is 60.2 Å². The number of ether oxygens (including phenoxy) is 2. The van der Waals surface area contributed by atoms with Crippen molar-refractivity contribution in [3.8, 4) is 11.5 Å². The van der Waals surface area contributed by atoms with E-state index in [0.717, 1.165) is 12.8 Å². The van der Waals surface area contributed by atoms with Crippen molar-refractivity contribution in [2.75, 3.05) is 43.2 Å². The molecule has 228 valence electrons. The molecule has 0 aromatic heterocycles. The van der Waals surface area contributed by atoms with E-state index < -0.39 is 30.2 Å². The first kappa shape index (κ1) is 29.0. The summed E-state index contributed by atoms with van der Waals surface area (Å²) < 4.78 is 24.2. The largest absolute Gasteiger partial charge is 0.481 e. The molecule has 0 radical (unpaired) electrons. The number of benzene rings is 3. The number of carbonyl (C=O) groups excluding carboxylic acids is 3. The first-order chi connectivity index (χ1) is 21.2. The van der Waals surface area contributed by atoms with Crippen LogP contribution < -0.4 is 25.0 Å². The summed E-state index contributed by atoms with van der Waals surface area (Å²) >= 11 is 0. The molecule has 2 aliphatic heterocycles. The number of halogens is 1. The molecule has 3 aliphatic rings. The van der Waals surface area contributed by atoms with E-state index in [1.807, 2.05) is 0 Å². The highest BCUT2D eigenvalue weighted by Gasteiger charge is 2.31. The second-order valence-corrected chi connectivity index (χ2v) is 11.0. The minimum absolute atomic E-state index is 0.0741. The molecule has 1 aliphatic carbocycles. The van der Waals surface area contributed by atoms with E-state index >= 15 is 0 Å². The maximum absolute atomic E-state index is 13.5. The van der Waals surface area contributed by atoms with Gasteiger partial charge in [0.05, 0.1) is 23.8 Å². The maximum Gasteiger partial charge on any atom is 0.305 e. The molecular weight excluding hydrogens is 571 g/mol. The van der Waals surface area contributed by atoms with Crippen molar-refractivity contribution < 1.29 is 38.1 Å². The fourth-order valence-electron chi connectivity index (χ4n) is 5.36. The summed E-state index contributed by atoms with van der Waals surface area (Å²) in [6.07, 6.45) is 1.21. The molecule has 3 N–H and O–H groups in total. The van der Waals surface area contributed by atoms with Crippen LogP contribution in [0, 0.1) is 11.7 Å². The number of anilines is 2. The van der Waals surface area contributed by atoms with Gasteiger partial charge in [-0.3, -0.25) is 19.2 Å². The minimum Gasteiger partial charge on any atom is -0.481 e. The van der Waals surface area contributed by atoms with Crippen molar-refractivity contribution >= 4 is 35.1 Å². The quantitative estimate of drug-likeness (QED) is 0.336. The normalized spacial score (nSPS) is 16.3. The van der Waals surface area contributed by atoms with Gasteiger partial charge in [0, 0.05) is 43.2 Å². The average Bonchev–Trinajstić information content (AvgIpc) is 3.78. The Morgan fingerprint density at radius 3 is 2.30 bits per heavy atom. The fraction of sp³-hybridized carbons (Fsp3) is 0.312. The number of nitrogens with one attached hydrogen (secondary N) is 2. The lowest BCUT2D eigenvalue weighted by molar-refractivity contribution is -0.137. The number of aliphatic carboxylic acids is 1. The molecule has 2 heterocycles. The second kappa shape index (κ2) is 12.2. The number of hydrogen-bond acceptors (Lipinski definition) is 7. The first-order valence-electron chi connectivity index (χ1n) is 14.4. The first-order valence-corrected chi connectivity index (χ1v) is 14.4. The maximum atomic E-state index is 13.5. The number of carboxylic acids is 1. The van der Waals surface area contributed by atoms with Gasteiger partial charge in [-0.2, -0.15) is 0 Å². The van der Waals surface area contributed by atoms with Crippen molar-refractivity contribution in [1.82, 2.24) is 10.2 Å². The minimum atomic E-state index is -1.12. The zero-order valence-electron chi connectivity index (χ0n) is 23.8. The number of hydrogen-bond donors (Lipinski definition) is 3. The van der Waals surface area contributed by atoms with Gasteiger partial charge in [-0.25, -0.2) is 4.39 Å². The Hall–Kier alpha value is -5.13. The summed E-state index contributed by atoms with van der Waals surface area (Å²) in [4.78, 5) is 54.6. The highest BCUT2D eigenvalue weighted by atomic mass is 19.1. The molecule has 3 aromatic carbocycles. The molecule has 1 saturated heterocycles. The van der Waals surface area contributed by atoms with Gasteiger partial charge in [-0.05, 0) is 66.9 Å². The van der Waals surface area contributed by atoms with Crippen molar-refractivity contribution in [3.05, 3.63) is 83.2 Å². The van der Waals surface area contributed by atoms with Crippen molar-refractivity contribution in [2.45, 2.75) is 25.3 Å². The van der Waals surface area contributed by atoms with E-state index in [-0.39, 0.29) is 30.1 Å².